The number of carbonyl (C=O) groups is 2. The van der Waals surface area contributed by atoms with Crippen LogP contribution in [0.5, 0.6) is 5.75 Å². The fourth-order valence-corrected chi connectivity index (χ4v) is 3.29. The van der Waals surface area contributed by atoms with Crippen LogP contribution in [0.1, 0.15) is 40.3 Å². The van der Waals surface area contributed by atoms with Gasteiger partial charge in [-0.1, -0.05) is 0 Å². The Bertz CT molecular complexity index is 1000. The smallest absolute Gasteiger partial charge is 0.272 e. The largest absolute Gasteiger partial charge is 0.494 e. The van der Waals surface area contributed by atoms with E-state index in [0.29, 0.717) is 30.1 Å². The zero-order valence-electron chi connectivity index (χ0n) is 15.7. The van der Waals surface area contributed by atoms with Gasteiger partial charge >= 0.3 is 0 Å². The molecule has 3 aromatic rings. The quantitative estimate of drug-likeness (QED) is 0.698. The fraction of sp³-hybridized carbons (Fsp3) is 0.238. The number of fused-ring (bicyclic) bond motifs is 1. The summed E-state index contributed by atoms with van der Waals surface area (Å²) in [5, 5.41) is 3.89. The Balaban J connectivity index is 1.98. The minimum absolute atomic E-state index is 0.199. The van der Waals surface area contributed by atoms with Crippen LogP contribution in [-0.4, -0.2) is 23.0 Å². The van der Waals surface area contributed by atoms with Gasteiger partial charge in [0.1, 0.15) is 11.4 Å². The van der Waals surface area contributed by atoms with Crippen LogP contribution in [0.2, 0.25) is 0 Å². The number of rotatable bonds is 6. The second-order valence-electron chi connectivity index (χ2n) is 6.23. The number of primary amides is 1. The van der Waals surface area contributed by atoms with E-state index in [4.69, 9.17) is 10.5 Å². The normalized spacial score (nSPS) is 10.8. The van der Waals surface area contributed by atoms with Gasteiger partial charge in [-0.05, 0) is 68.8 Å². The van der Waals surface area contributed by atoms with Gasteiger partial charge < -0.3 is 20.4 Å². The number of carbonyl (C=O) groups excluding carboxylic acids is 2. The summed E-state index contributed by atoms with van der Waals surface area (Å²) in [6.45, 7) is 7.15. The van der Waals surface area contributed by atoms with Crippen LogP contribution in [0.15, 0.2) is 42.5 Å². The zero-order chi connectivity index (χ0) is 19.6. The maximum atomic E-state index is 13.0. The van der Waals surface area contributed by atoms with Gasteiger partial charge in [0.25, 0.3) is 5.91 Å². The lowest BCUT2D eigenvalue weighted by atomic mass is 10.1. The van der Waals surface area contributed by atoms with Gasteiger partial charge in [-0.15, -0.1) is 0 Å². The Kier molecular flexibility index (Phi) is 5.16. The van der Waals surface area contributed by atoms with Crippen molar-refractivity contribution in [3.8, 4) is 5.75 Å². The van der Waals surface area contributed by atoms with Crippen molar-refractivity contribution in [3.63, 3.8) is 0 Å². The molecule has 1 heterocycles. The highest BCUT2D eigenvalue weighted by molar-refractivity contribution is 6.08. The Morgan fingerprint density at radius 1 is 1.11 bits per heavy atom. The molecule has 27 heavy (non-hydrogen) atoms. The van der Waals surface area contributed by atoms with E-state index >= 15 is 0 Å². The lowest BCUT2D eigenvalue weighted by Crippen LogP contribution is -2.18. The summed E-state index contributed by atoms with van der Waals surface area (Å²) in [7, 11) is 0. The molecular weight excluding hydrogens is 342 g/mol. The Labute approximate surface area is 157 Å². The highest BCUT2D eigenvalue weighted by Gasteiger charge is 2.20. The van der Waals surface area contributed by atoms with Crippen LogP contribution >= 0.6 is 0 Å². The summed E-state index contributed by atoms with van der Waals surface area (Å²) in [6, 6.07) is 12.4. The van der Waals surface area contributed by atoms with Crippen LogP contribution in [0, 0.1) is 6.92 Å². The van der Waals surface area contributed by atoms with Crippen LogP contribution in [0.25, 0.3) is 10.9 Å². The fourth-order valence-electron chi connectivity index (χ4n) is 3.29. The summed E-state index contributed by atoms with van der Waals surface area (Å²) >= 11 is 0. The highest BCUT2D eigenvalue weighted by atomic mass is 16.5. The molecule has 0 saturated carbocycles. The van der Waals surface area contributed by atoms with Gasteiger partial charge in [-0.2, -0.15) is 0 Å². The molecule has 0 unspecified atom stereocenters. The number of anilines is 1. The Hall–Kier alpha value is -3.28. The van der Waals surface area contributed by atoms with E-state index in [1.807, 2.05) is 43.5 Å². The second kappa shape index (κ2) is 7.53. The number of benzene rings is 2. The number of nitrogens with zero attached hydrogens (tertiary/aromatic N) is 1. The number of hydrogen-bond acceptors (Lipinski definition) is 3. The van der Waals surface area contributed by atoms with E-state index < -0.39 is 5.91 Å². The molecule has 3 rings (SSSR count). The van der Waals surface area contributed by atoms with Crippen molar-refractivity contribution in [1.82, 2.24) is 4.57 Å². The van der Waals surface area contributed by atoms with Gasteiger partial charge in [0, 0.05) is 28.7 Å². The average Bonchev–Trinajstić information content (AvgIpc) is 2.94. The topological polar surface area (TPSA) is 86.3 Å². The van der Waals surface area contributed by atoms with Gasteiger partial charge in [0.2, 0.25) is 5.91 Å². The number of aromatic nitrogens is 1. The van der Waals surface area contributed by atoms with Crippen molar-refractivity contribution in [2.45, 2.75) is 27.3 Å². The first-order chi connectivity index (χ1) is 13.0. The van der Waals surface area contributed by atoms with E-state index in [1.54, 1.807) is 24.3 Å². The number of ether oxygens (including phenoxy) is 1. The molecule has 2 amide bonds. The van der Waals surface area contributed by atoms with Gasteiger partial charge in [-0.25, -0.2) is 0 Å². The molecule has 6 nitrogen and oxygen atoms in total. The molecule has 2 aromatic carbocycles. The number of nitrogens with two attached hydrogens (primary N) is 1. The standard InChI is InChI=1S/C21H23N3O3/c1-4-24-18-11-10-16(27-5-2)12-17(18)13(3)19(24)21(26)23-15-8-6-14(7-9-15)20(22)25/h6-12H,4-5H2,1-3H3,(H2,22,25)(H,23,26). The van der Waals surface area contributed by atoms with Crippen LogP contribution in [0.3, 0.4) is 0 Å². The molecule has 0 aliphatic carbocycles. The molecule has 0 fully saturated rings. The first kappa shape index (κ1) is 18.5. The van der Waals surface area contributed by atoms with Gasteiger partial charge in [0.05, 0.1) is 6.61 Å². The lowest BCUT2D eigenvalue weighted by molar-refractivity contribution is 0.0997. The van der Waals surface area contributed by atoms with Crippen LogP contribution in [0.4, 0.5) is 5.69 Å². The Morgan fingerprint density at radius 2 is 1.81 bits per heavy atom. The van der Waals surface area contributed by atoms with E-state index in [0.717, 1.165) is 22.2 Å². The van der Waals surface area contributed by atoms with Crippen molar-refractivity contribution < 1.29 is 14.3 Å². The van der Waals surface area contributed by atoms with Gasteiger partial charge in [-0.3, -0.25) is 9.59 Å². The first-order valence-corrected chi connectivity index (χ1v) is 8.93. The zero-order valence-corrected chi connectivity index (χ0v) is 15.7. The molecular formula is C21H23N3O3. The summed E-state index contributed by atoms with van der Waals surface area (Å²) in [4.78, 5) is 24.1. The Morgan fingerprint density at radius 3 is 2.41 bits per heavy atom. The average molecular weight is 365 g/mol. The van der Waals surface area contributed by atoms with Crippen molar-refractivity contribution in [3.05, 3.63) is 59.3 Å². The number of nitrogens with one attached hydrogen (secondary N) is 1. The highest BCUT2D eigenvalue weighted by Crippen LogP contribution is 2.30. The third-order valence-electron chi connectivity index (χ3n) is 4.56. The predicted molar refractivity (Wildman–Crippen MR) is 106 cm³/mol. The molecule has 0 saturated heterocycles. The molecule has 0 bridgehead atoms. The molecule has 0 aliphatic rings. The summed E-state index contributed by atoms with van der Waals surface area (Å²) < 4.78 is 7.58. The second-order valence-corrected chi connectivity index (χ2v) is 6.23. The minimum atomic E-state index is -0.500. The number of hydrogen-bond donors (Lipinski definition) is 2. The molecule has 140 valence electrons. The minimum Gasteiger partial charge on any atom is -0.494 e. The summed E-state index contributed by atoms with van der Waals surface area (Å²) in [5.74, 6) is 0.0885. The van der Waals surface area contributed by atoms with E-state index in [9.17, 15) is 9.59 Å². The van der Waals surface area contributed by atoms with Gasteiger partial charge in [0.15, 0.2) is 0 Å². The summed E-state index contributed by atoms with van der Waals surface area (Å²) in [6.07, 6.45) is 0. The van der Waals surface area contributed by atoms with Crippen molar-refractivity contribution in [2.24, 2.45) is 5.73 Å². The van der Waals surface area contributed by atoms with Crippen molar-refractivity contribution in [1.29, 1.82) is 0 Å². The SMILES string of the molecule is CCOc1ccc2c(c1)c(C)c(C(=O)Nc1ccc(C(N)=O)cc1)n2CC. The summed E-state index contributed by atoms with van der Waals surface area (Å²) in [5.41, 5.74) is 8.76. The van der Waals surface area contributed by atoms with E-state index in [-0.39, 0.29) is 5.91 Å². The maximum Gasteiger partial charge on any atom is 0.272 e. The third kappa shape index (κ3) is 3.51. The van der Waals surface area contributed by atoms with E-state index in [2.05, 4.69) is 5.32 Å². The third-order valence-corrected chi connectivity index (χ3v) is 4.56. The van der Waals surface area contributed by atoms with E-state index in [1.165, 1.54) is 0 Å². The number of amides is 2. The maximum absolute atomic E-state index is 13.0. The molecule has 6 heteroatoms. The lowest BCUT2D eigenvalue weighted by Gasteiger charge is -2.10. The first-order valence-electron chi connectivity index (χ1n) is 8.93. The predicted octanol–water partition coefficient (Wildman–Crippen LogP) is 3.72. The molecule has 0 aliphatic heterocycles. The van der Waals surface area contributed by atoms with Crippen LogP contribution in [-0.2, 0) is 6.54 Å². The molecule has 0 spiro atoms. The molecule has 0 atom stereocenters. The molecule has 0 radical (unpaired) electrons. The number of aryl methyl sites for hydroxylation is 2. The molecule has 1 aromatic heterocycles. The van der Waals surface area contributed by atoms with Crippen molar-refractivity contribution in [2.75, 3.05) is 11.9 Å². The monoisotopic (exact) mass is 365 g/mol. The van der Waals surface area contributed by atoms with Crippen LogP contribution < -0.4 is 15.8 Å². The van der Waals surface area contributed by atoms with Crippen molar-refractivity contribution >= 4 is 28.4 Å². The molecule has 3 N–H and O–H groups in total.